The van der Waals surface area contributed by atoms with Crippen molar-refractivity contribution >= 4 is 53.2 Å². The Morgan fingerprint density at radius 1 is 0.692 bits per heavy atom. The number of methoxy groups -OCH3 is 1. The van der Waals surface area contributed by atoms with Crippen molar-refractivity contribution in [2.45, 2.75) is 126 Å². The summed E-state index contributed by atoms with van der Waals surface area (Å²) in [5.41, 5.74) is -0.307. The Balaban J connectivity index is 0.000000114. The Bertz CT molecular complexity index is 2010. The topological polar surface area (TPSA) is 175 Å². The molecule has 0 amide bonds. The first-order valence-corrected chi connectivity index (χ1v) is 24.1. The molecule has 18 unspecified atom stereocenters. The number of carbonyl (C=O) groups is 7. The van der Waals surface area contributed by atoms with Crippen LogP contribution in [0.3, 0.4) is 0 Å². The summed E-state index contributed by atoms with van der Waals surface area (Å²) in [4.78, 5) is 79.0. The molecular formula is C51H63ClO13. The Morgan fingerprint density at radius 3 is 1.97 bits per heavy atom. The average Bonchev–Trinajstić information content (AvgIpc) is 4.16. The maximum absolute atomic E-state index is 12.0. The lowest BCUT2D eigenvalue weighted by Gasteiger charge is -2.52. The highest BCUT2D eigenvalue weighted by atomic mass is 35.5. The van der Waals surface area contributed by atoms with Crippen LogP contribution < -0.4 is 0 Å². The average molecular weight is 920 g/mol. The molecule has 65 heavy (non-hydrogen) atoms. The van der Waals surface area contributed by atoms with Crippen LogP contribution in [0.1, 0.15) is 96.3 Å². The Morgan fingerprint density at radius 2 is 1.32 bits per heavy atom. The van der Waals surface area contributed by atoms with E-state index in [9.17, 15) is 33.6 Å². The molecule has 0 radical (unpaired) electrons. The molecule has 352 valence electrons. The van der Waals surface area contributed by atoms with E-state index in [1.54, 1.807) is 12.8 Å². The van der Waals surface area contributed by atoms with Gasteiger partial charge in [0.25, 0.3) is 0 Å². The number of esters is 6. The van der Waals surface area contributed by atoms with Crippen LogP contribution in [0.4, 0.5) is 0 Å². The van der Waals surface area contributed by atoms with Crippen molar-refractivity contribution in [2.75, 3.05) is 7.11 Å². The van der Waals surface area contributed by atoms with Crippen LogP contribution in [-0.4, -0.2) is 78.7 Å². The molecular weight excluding hydrogens is 856 g/mol. The molecule has 3 aliphatic heterocycles. The molecule has 14 heteroatoms. The number of halogens is 1. The quantitative estimate of drug-likeness (QED) is 0.106. The molecule has 0 aromatic rings. The summed E-state index contributed by atoms with van der Waals surface area (Å²) in [5, 5.41) is -0.0949. The van der Waals surface area contributed by atoms with E-state index in [4.69, 9.17) is 35.3 Å². The van der Waals surface area contributed by atoms with Crippen LogP contribution in [0.2, 0.25) is 0 Å². The predicted octanol–water partition coefficient (Wildman–Crippen LogP) is 7.50. The van der Waals surface area contributed by atoms with Crippen molar-refractivity contribution in [3.63, 3.8) is 0 Å². The van der Waals surface area contributed by atoms with E-state index in [0.717, 1.165) is 94.0 Å². The standard InChI is InChI=1S/C13H16O4.C13H16O3.C11H12O4.C10H14.C4H5ClO2/c1-2-11(14)17-12-8-3-7-4-9(6-8)13(15)16-10(12)5-7;1-2-11(14)16-13-9-4-7-3-8(6-9)12(15)10(13)5-7;1-2-9(12)14-8-5-11-3-6(8)7(4-11)10(13)15-11;1-2-9-7-4-5-8(6-7)10(9)3-1;1-3(5)4(6)7-2/h2,7-10,12H,1,3-6H2;2,7-10,13H,1,3-6H2;2,6-8H,1,3-5H2;1-2,7-10H,3-6H2;1H2,2H3. The minimum absolute atomic E-state index is 0.0138. The molecule has 3 heterocycles. The molecule has 13 bridgehead atoms. The van der Waals surface area contributed by atoms with Crippen LogP contribution in [-0.2, 0) is 62.0 Å². The molecule has 0 N–H and O–H groups in total. The van der Waals surface area contributed by atoms with Gasteiger partial charge in [-0.2, -0.15) is 0 Å². The van der Waals surface area contributed by atoms with Crippen molar-refractivity contribution in [3.05, 3.63) is 61.7 Å². The maximum Gasteiger partial charge on any atom is 0.348 e. The van der Waals surface area contributed by atoms with E-state index in [0.29, 0.717) is 30.0 Å². The number of ketones is 1. The van der Waals surface area contributed by atoms with Gasteiger partial charge in [-0.15, -0.1) is 0 Å². The second-order valence-electron chi connectivity index (χ2n) is 20.5. The third-order valence-electron chi connectivity index (χ3n) is 16.9. The molecule has 13 fully saturated rings. The fraction of sp³-hybridized carbons (Fsp3) is 0.667. The van der Waals surface area contributed by atoms with Crippen LogP contribution >= 0.6 is 11.6 Å². The third kappa shape index (κ3) is 9.68. The fourth-order valence-electron chi connectivity index (χ4n) is 14.4. The number of hydrogen-bond donors (Lipinski definition) is 0. The summed E-state index contributed by atoms with van der Waals surface area (Å²) < 4.78 is 30.9. The number of Topliss-reactive ketones (excluding diaryl/α,β-unsaturated/α-hetero) is 1. The highest BCUT2D eigenvalue weighted by molar-refractivity contribution is 6.40. The number of fused-ring (bicyclic) bond motifs is 9. The molecule has 14 aliphatic rings. The zero-order valence-electron chi connectivity index (χ0n) is 37.3. The zero-order valence-corrected chi connectivity index (χ0v) is 38.1. The van der Waals surface area contributed by atoms with E-state index in [1.807, 2.05) is 0 Å². The second-order valence-corrected chi connectivity index (χ2v) is 21.0. The Labute approximate surface area is 386 Å². The summed E-state index contributed by atoms with van der Waals surface area (Å²) in [5.74, 6) is 5.08. The lowest BCUT2D eigenvalue weighted by Crippen LogP contribution is -2.55. The van der Waals surface area contributed by atoms with Crippen LogP contribution in [0, 0.1) is 76.9 Å². The maximum atomic E-state index is 12.0. The smallest absolute Gasteiger partial charge is 0.348 e. The highest BCUT2D eigenvalue weighted by Crippen LogP contribution is 2.60. The van der Waals surface area contributed by atoms with Gasteiger partial charge >= 0.3 is 35.8 Å². The molecule has 1 spiro atoms. The third-order valence-corrected chi connectivity index (χ3v) is 17.0. The number of carbonyl (C=O) groups excluding carboxylic acids is 7. The van der Waals surface area contributed by atoms with Gasteiger partial charge in [-0.05, 0) is 125 Å². The van der Waals surface area contributed by atoms with Gasteiger partial charge in [0.15, 0.2) is 0 Å². The van der Waals surface area contributed by atoms with E-state index < -0.39 is 17.9 Å². The van der Waals surface area contributed by atoms with E-state index >= 15 is 0 Å². The van der Waals surface area contributed by atoms with Gasteiger partial charge in [0, 0.05) is 48.8 Å². The molecule has 0 aromatic heterocycles. The van der Waals surface area contributed by atoms with Crippen molar-refractivity contribution < 1.29 is 62.0 Å². The van der Waals surface area contributed by atoms with Crippen LogP contribution in [0.15, 0.2) is 61.7 Å². The molecule has 11 aliphatic carbocycles. The van der Waals surface area contributed by atoms with Crippen molar-refractivity contribution in [3.8, 4) is 0 Å². The van der Waals surface area contributed by atoms with E-state index in [1.165, 1.54) is 32.1 Å². The second kappa shape index (κ2) is 19.4. The predicted molar refractivity (Wildman–Crippen MR) is 235 cm³/mol. The van der Waals surface area contributed by atoms with Gasteiger partial charge in [0.2, 0.25) is 0 Å². The zero-order chi connectivity index (χ0) is 46.3. The van der Waals surface area contributed by atoms with Crippen LogP contribution in [0.5, 0.6) is 0 Å². The van der Waals surface area contributed by atoms with Crippen molar-refractivity contribution in [2.24, 2.45) is 76.9 Å². The summed E-state index contributed by atoms with van der Waals surface area (Å²) >= 11 is 5.06. The summed E-state index contributed by atoms with van der Waals surface area (Å²) in [6, 6.07) is 0. The molecule has 3 saturated heterocycles. The number of rotatable bonds is 7. The first-order valence-electron chi connectivity index (χ1n) is 23.7. The SMILES string of the molecule is C1=CC2C3CCC(C3)C2C1.C=C(Cl)C(=O)OC.C=CC(=O)OC1C2CC3CC(C2)C(=O)C1C3.C=CC(=O)OC1C2CC3CC(C2)C(=O)OC1C3.C=CC(=O)OC1CC23CC(C(=O)O2)C1C3. The first kappa shape index (κ1) is 47.0. The number of ether oxygens (including phenoxy) is 6. The lowest BCUT2D eigenvalue weighted by molar-refractivity contribution is -0.172. The van der Waals surface area contributed by atoms with Gasteiger partial charge in [0.05, 0.1) is 24.9 Å². The molecule has 10 saturated carbocycles. The summed E-state index contributed by atoms with van der Waals surface area (Å²) in [6.07, 6.45) is 23.8. The lowest BCUT2D eigenvalue weighted by atomic mass is 9.54. The normalized spacial score (nSPS) is 42.1. The molecule has 18 atom stereocenters. The van der Waals surface area contributed by atoms with Crippen molar-refractivity contribution in [1.29, 1.82) is 0 Å². The van der Waals surface area contributed by atoms with Crippen LogP contribution in [0.25, 0.3) is 0 Å². The first-order chi connectivity index (χ1) is 31.1. The van der Waals surface area contributed by atoms with E-state index in [2.05, 4.69) is 43.2 Å². The molecule has 14 rings (SSSR count). The van der Waals surface area contributed by atoms with E-state index in [-0.39, 0.29) is 88.5 Å². The summed E-state index contributed by atoms with van der Waals surface area (Å²) in [7, 11) is 1.25. The van der Waals surface area contributed by atoms with Crippen molar-refractivity contribution in [1.82, 2.24) is 0 Å². The summed E-state index contributed by atoms with van der Waals surface area (Å²) in [6.45, 7) is 13.3. The van der Waals surface area contributed by atoms with Gasteiger partial charge in [-0.3, -0.25) is 14.4 Å². The van der Waals surface area contributed by atoms with Gasteiger partial charge in [0.1, 0.15) is 40.8 Å². The number of hydrogen-bond acceptors (Lipinski definition) is 13. The monoisotopic (exact) mass is 918 g/mol. The van der Waals surface area contributed by atoms with Gasteiger partial charge in [-0.1, -0.05) is 50.1 Å². The Kier molecular flexibility index (Phi) is 14.0. The Hall–Kier alpha value is -4.52. The molecule has 0 aromatic carbocycles. The highest BCUT2D eigenvalue weighted by Gasteiger charge is 2.67. The molecule has 13 nitrogen and oxygen atoms in total. The fourth-order valence-corrected chi connectivity index (χ4v) is 14.5. The van der Waals surface area contributed by atoms with Gasteiger partial charge < -0.3 is 28.4 Å². The minimum Gasteiger partial charge on any atom is -0.465 e. The number of allylic oxidation sites excluding steroid dienone is 2. The van der Waals surface area contributed by atoms with Gasteiger partial charge in [-0.25, -0.2) is 19.2 Å². The minimum atomic E-state index is -0.582. The largest absolute Gasteiger partial charge is 0.465 e.